The average Bonchev–Trinajstić information content (AvgIpc) is 2.57. The van der Waals surface area contributed by atoms with Gasteiger partial charge in [-0.3, -0.25) is 4.79 Å². The van der Waals surface area contributed by atoms with Crippen molar-refractivity contribution in [3.05, 3.63) is 40.7 Å². The van der Waals surface area contributed by atoms with Gasteiger partial charge in [0, 0.05) is 44.9 Å². The van der Waals surface area contributed by atoms with E-state index in [-0.39, 0.29) is 5.91 Å². The van der Waals surface area contributed by atoms with Crippen molar-refractivity contribution in [2.75, 3.05) is 36.4 Å². The molecule has 1 amide bonds. The fraction of sp³-hybridized carbons (Fsp3) is 0.450. The first kappa shape index (κ1) is 18.2. The Labute approximate surface area is 155 Å². The lowest BCUT2D eigenvalue weighted by Gasteiger charge is -2.35. The predicted molar refractivity (Wildman–Crippen MR) is 105 cm³/mol. The molecule has 138 valence electrons. The van der Waals surface area contributed by atoms with Gasteiger partial charge in [-0.15, -0.1) is 0 Å². The third kappa shape index (κ3) is 3.95. The Balaban J connectivity index is 1.82. The first-order valence-corrected chi connectivity index (χ1v) is 9.04. The van der Waals surface area contributed by atoms with Gasteiger partial charge in [-0.05, 0) is 38.8 Å². The molecule has 1 saturated heterocycles. The fourth-order valence-electron chi connectivity index (χ4n) is 3.53. The molecule has 1 aliphatic heterocycles. The summed E-state index contributed by atoms with van der Waals surface area (Å²) in [6.45, 7) is 12.9. The van der Waals surface area contributed by atoms with Crippen molar-refractivity contribution in [1.29, 1.82) is 0 Å². The molecule has 2 aromatic rings. The molecule has 0 atom stereocenters. The van der Waals surface area contributed by atoms with Gasteiger partial charge in [-0.25, -0.2) is 9.97 Å². The molecule has 0 radical (unpaired) electrons. The average molecular weight is 353 g/mol. The second kappa shape index (κ2) is 7.32. The number of nitrogens with one attached hydrogen (secondary N) is 1. The van der Waals surface area contributed by atoms with Crippen LogP contribution in [0.3, 0.4) is 0 Å². The van der Waals surface area contributed by atoms with Gasteiger partial charge in [0.2, 0.25) is 5.91 Å². The Bertz CT molecular complexity index is 802. The maximum absolute atomic E-state index is 11.5. The molecule has 2 heterocycles. The Morgan fingerprint density at radius 3 is 2.15 bits per heavy atom. The number of anilines is 3. The lowest BCUT2D eigenvalue weighted by atomic mass is 10.1. The highest BCUT2D eigenvalue weighted by molar-refractivity contribution is 5.73. The zero-order chi connectivity index (χ0) is 18.8. The Morgan fingerprint density at radius 1 is 0.962 bits per heavy atom. The van der Waals surface area contributed by atoms with Crippen molar-refractivity contribution in [2.24, 2.45) is 0 Å². The van der Waals surface area contributed by atoms with Crippen LogP contribution in [0.15, 0.2) is 18.2 Å². The maximum Gasteiger partial charge on any atom is 0.219 e. The van der Waals surface area contributed by atoms with Crippen LogP contribution in [0.25, 0.3) is 0 Å². The van der Waals surface area contributed by atoms with Crippen LogP contribution in [0.4, 0.5) is 17.3 Å². The standard InChI is InChI=1S/C20H27N5O/c1-13-10-14(2)20(15(3)11-13)23-18-12-19(22-16(4)21-18)25-8-6-24(7-9-25)17(5)26/h10-12H,6-9H2,1-5H3,(H,21,22,23). The van der Waals surface area contributed by atoms with Gasteiger partial charge >= 0.3 is 0 Å². The predicted octanol–water partition coefficient (Wildman–Crippen LogP) is 3.12. The van der Waals surface area contributed by atoms with Gasteiger partial charge < -0.3 is 15.1 Å². The van der Waals surface area contributed by atoms with Crippen molar-refractivity contribution < 1.29 is 4.79 Å². The lowest BCUT2D eigenvalue weighted by molar-refractivity contribution is -0.129. The molecule has 0 spiro atoms. The Kier molecular flexibility index (Phi) is 5.11. The van der Waals surface area contributed by atoms with E-state index in [4.69, 9.17) is 0 Å². The molecule has 0 aliphatic carbocycles. The molecule has 1 N–H and O–H groups in total. The van der Waals surface area contributed by atoms with Gasteiger partial charge in [-0.2, -0.15) is 0 Å². The Morgan fingerprint density at radius 2 is 1.58 bits per heavy atom. The first-order valence-electron chi connectivity index (χ1n) is 9.04. The number of nitrogens with zero attached hydrogens (tertiary/aromatic N) is 4. The van der Waals surface area contributed by atoms with Gasteiger partial charge in [0.05, 0.1) is 0 Å². The van der Waals surface area contributed by atoms with Gasteiger partial charge in [0.1, 0.15) is 17.5 Å². The Hall–Kier alpha value is -2.63. The van der Waals surface area contributed by atoms with Crippen LogP contribution in [0, 0.1) is 27.7 Å². The van der Waals surface area contributed by atoms with Crippen molar-refractivity contribution >= 4 is 23.2 Å². The van der Waals surface area contributed by atoms with E-state index < -0.39 is 0 Å². The molecular weight excluding hydrogens is 326 g/mol. The van der Waals surface area contributed by atoms with Crippen molar-refractivity contribution in [2.45, 2.75) is 34.6 Å². The summed E-state index contributed by atoms with van der Waals surface area (Å²) in [5.74, 6) is 2.58. The van der Waals surface area contributed by atoms with E-state index in [9.17, 15) is 4.79 Å². The van der Waals surface area contributed by atoms with E-state index in [0.29, 0.717) is 0 Å². The van der Waals surface area contributed by atoms with Crippen molar-refractivity contribution in [3.63, 3.8) is 0 Å². The first-order chi connectivity index (χ1) is 12.3. The second-order valence-corrected chi connectivity index (χ2v) is 7.05. The number of aryl methyl sites for hydroxylation is 4. The molecule has 1 aliphatic rings. The van der Waals surface area contributed by atoms with Crippen molar-refractivity contribution in [1.82, 2.24) is 14.9 Å². The number of carbonyl (C=O) groups is 1. The number of amides is 1. The molecule has 0 unspecified atom stereocenters. The van der Waals surface area contributed by atoms with Gasteiger partial charge in [0.25, 0.3) is 0 Å². The minimum absolute atomic E-state index is 0.135. The summed E-state index contributed by atoms with van der Waals surface area (Å²) in [6, 6.07) is 6.34. The summed E-state index contributed by atoms with van der Waals surface area (Å²) in [5, 5.41) is 3.47. The number of benzene rings is 1. The molecule has 0 bridgehead atoms. The van der Waals surface area contributed by atoms with E-state index in [2.05, 4.69) is 53.1 Å². The summed E-state index contributed by atoms with van der Waals surface area (Å²) >= 11 is 0. The fourth-order valence-corrected chi connectivity index (χ4v) is 3.53. The van der Waals surface area contributed by atoms with E-state index in [1.807, 2.05) is 17.9 Å². The van der Waals surface area contributed by atoms with Crippen LogP contribution in [-0.4, -0.2) is 47.0 Å². The number of piperazine rings is 1. The van der Waals surface area contributed by atoms with Crippen LogP contribution >= 0.6 is 0 Å². The topological polar surface area (TPSA) is 61.4 Å². The zero-order valence-corrected chi connectivity index (χ0v) is 16.3. The van der Waals surface area contributed by atoms with Crippen LogP contribution in [-0.2, 0) is 4.79 Å². The molecule has 0 saturated carbocycles. The van der Waals surface area contributed by atoms with Crippen LogP contribution in [0.2, 0.25) is 0 Å². The van der Waals surface area contributed by atoms with Crippen LogP contribution < -0.4 is 10.2 Å². The highest BCUT2D eigenvalue weighted by Gasteiger charge is 2.20. The monoisotopic (exact) mass is 353 g/mol. The third-order valence-electron chi connectivity index (χ3n) is 4.80. The number of rotatable bonds is 3. The molecular formula is C20H27N5O. The number of aromatic nitrogens is 2. The minimum atomic E-state index is 0.135. The van der Waals surface area contributed by atoms with E-state index in [0.717, 1.165) is 49.3 Å². The molecule has 6 nitrogen and oxygen atoms in total. The molecule has 1 aromatic heterocycles. The summed E-state index contributed by atoms with van der Waals surface area (Å²) in [5.41, 5.74) is 4.76. The largest absolute Gasteiger partial charge is 0.353 e. The van der Waals surface area contributed by atoms with Gasteiger partial charge in [-0.1, -0.05) is 17.7 Å². The third-order valence-corrected chi connectivity index (χ3v) is 4.80. The van der Waals surface area contributed by atoms with E-state index in [1.165, 1.54) is 16.7 Å². The number of hydrogen-bond acceptors (Lipinski definition) is 5. The molecule has 26 heavy (non-hydrogen) atoms. The normalized spacial score (nSPS) is 14.5. The van der Waals surface area contributed by atoms with Crippen LogP contribution in [0.5, 0.6) is 0 Å². The van der Waals surface area contributed by atoms with E-state index in [1.54, 1.807) is 6.92 Å². The molecule has 1 aromatic carbocycles. The number of carbonyl (C=O) groups excluding carboxylic acids is 1. The summed E-state index contributed by atoms with van der Waals surface area (Å²) in [4.78, 5) is 24.8. The maximum atomic E-state index is 11.5. The lowest BCUT2D eigenvalue weighted by Crippen LogP contribution is -2.48. The summed E-state index contributed by atoms with van der Waals surface area (Å²) < 4.78 is 0. The SMILES string of the molecule is CC(=O)N1CCN(c2cc(Nc3c(C)cc(C)cc3C)nc(C)n2)CC1. The van der Waals surface area contributed by atoms with Gasteiger partial charge in [0.15, 0.2) is 0 Å². The smallest absolute Gasteiger partial charge is 0.219 e. The van der Waals surface area contributed by atoms with Crippen molar-refractivity contribution in [3.8, 4) is 0 Å². The van der Waals surface area contributed by atoms with Crippen LogP contribution in [0.1, 0.15) is 29.4 Å². The highest BCUT2D eigenvalue weighted by Crippen LogP contribution is 2.27. The summed E-state index contributed by atoms with van der Waals surface area (Å²) in [6.07, 6.45) is 0. The molecule has 6 heteroatoms. The quantitative estimate of drug-likeness (QED) is 0.919. The second-order valence-electron chi connectivity index (χ2n) is 7.05. The zero-order valence-electron chi connectivity index (χ0n) is 16.3. The minimum Gasteiger partial charge on any atom is -0.353 e. The molecule has 3 rings (SSSR count). The van der Waals surface area contributed by atoms with E-state index >= 15 is 0 Å². The summed E-state index contributed by atoms with van der Waals surface area (Å²) in [7, 11) is 0. The highest BCUT2D eigenvalue weighted by atomic mass is 16.2. The molecule has 1 fully saturated rings. The number of hydrogen-bond donors (Lipinski definition) is 1.